The van der Waals surface area contributed by atoms with Gasteiger partial charge in [0.2, 0.25) is 0 Å². The van der Waals surface area contributed by atoms with Crippen LogP contribution in [0.15, 0.2) is 10.6 Å². The Bertz CT molecular complexity index is 341. The molecule has 1 atom stereocenters. The van der Waals surface area contributed by atoms with E-state index in [1.54, 1.807) is 0 Å². The molecule has 16 heavy (non-hydrogen) atoms. The van der Waals surface area contributed by atoms with Crippen molar-refractivity contribution in [3.8, 4) is 0 Å². The molecule has 1 aromatic rings. The van der Waals surface area contributed by atoms with Crippen molar-refractivity contribution in [1.82, 2.24) is 10.1 Å². The van der Waals surface area contributed by atoms with Crippen molar-refractivity contribution in [2.75, 3.05) is 0 Å². The number of aryl methyl sites for hydroxylation is 1. The second kappa shape index (κ2) is 4.58. The largest absolute Gasteiger partial charge is 0.360 e. The number of hydrogen-bond donors (Lipinski definition) is 0. The van der Waals surface area contributed by atoms with Gasteiger partial charge in [0, 0.05) is 18.2 Å². The molecule has 1 aliphatic rings. The van der Waals surface area contributed by atoms with Crippen LogP contribution in [0.25, 0.3) is 0 Å². The second-order valence-corrected chi connectivity index (χ2v) is 5.32. The molecular formula is C13H22N2O. The minimum absolute atomic E-state index is 0.609. The lowest BCUT2D eigenvalue weighted by molar-refractivity contribution is 0.135. The first kappa shape index (κ1) is 11.6. The summed E-state index contributed by atoms with van der Waals surface area (Å²) < 4.78 is 5.31. The average Bonchev–Trinajstić information content (AvgIpc) is 2.98. The smallest absolute Gasteiger partial charge is 0.150 e. The van der Waals surface area contributed by atoms with E-state index in [1.165, 1.54) is 12.8 Å². The third kappa shape index (κ3) is 2.64. The van der Waals surface area contributed by atoms with Gasteiger partial charge < -0.3 is 4.52 Å². The van der Waals surface area contributed by atoms with Gasteiger partial charge in [0.1, 0.15) is 0 Å². The molecule has 0 radical (unpaired) electrons. The van der Waals surface area contributed by atoms with Crippen LogP contribution < -0.4 is 0 Å². The lowest BCUT2D eigenvalue weighted by atomic mass is 10.0. The third-order valence-electron chi connectivity index (χ3n) is 3.52. The van der Waals surface area contributed by atoms with E-state index in [-0.39, 0.29) is 0 Å². The summed E-state index contributed by atoms with van der Waals surface area (Å²) in [6, 6.07) is 3.42. The Hall–Kier alpha value is -0.830. The second-order valence-electron chi connectivity index (χ2n) is 5.32. The van der Waals surface area contributed by atoms with Crippen LogP contribution in [-0.4, -0.2) is 22.1 Å². The quantitative estimate of drug-likeness (QED) is 0.767. The molecule has 0 spiro atoms. The molecule has 1 heterocycles. The van der Waals surface area contributed by atoms with Crippen LogP contribution in [0.3, 0.4) is 0 Å². The van der Waals surface area contributed by atoms with Gasteiger partial charge in [-0.25, -0.2) is 0 Å². The molecular weight excluding hydrogens is 200 g/mol. The summed E-state index contributed by atoms with van der Waals surface area (Å²) in [5.74, 6) is 1.68. The van der Waals surface area contributed by atoms with Crippen molar-refractivity contribution in [3.63, 3.8) is 0 Å². The molecule has 0 amide bonds. The van der Waals surface area contributed by atoms with Gasteiger partial charge in [0.15, 0.2) is 5.76 Å². The molecule has 3 nitrogen and oxygen atoms in total. The number of nitrogens with zero attached hydrogens (tertiary/aromatic N) is 2. The van der Waals surface area contributed by atoms with Crippen LogP contribution in [0.2, 0.25) is 0 Å². The molecule has 0 unspecified atom stereocenters. The predicted octanol–water partition coefficient (Wildman–Crippen LogP) is 2.99. The number of hydrogen-bond acceptors (Lipinski definition) is 3. The molecule has 90 valence electrons. The van der Waals surface area contributed by atoms with Gasteiger partial charge in [-0.05, 0) is 32.6 Å². The maximum Gasteiger partial charge on any atom is 0.150 e. The Morgan fingerprint density at radius 2 is 2.12 bits per heavy atom. The van der Waals surface area contributed by atoms with Crippen molar-refractivity contribution >= 4 is 0 Å². The zero-order chi connectivity index (χ0) is 11.7. The molecule has 0 aliphatic heterocycles. The van der Waals surface area contributed by atoms with Gasteiger partial charge in [0.25, 0.3) is 0 Å². The van der Waals surface area contributed by atoms with Crippen LogP contribution in [0.5, 0.6) is 0 Å². The Balaban J connectivity index is 2.02. The summed E-state index contributed by atoms with van der Waals surface area (Å²) >= 11 is 0. The highest BCUT2D eigenvalue weighted by Crippen LogP contribution is 2.32. The van der Waals surface area contributed by atoms with Crippen LogP contribution in [-0.2, 0) is 6.54 Å². The highest BCUT2D eigenvalue weighted by molar-refractivity contribution is 5.04. The minimum Gasteiger partial charge on any atom is -0.360 e. The van der Waals surface area contributed by atoms with Crippen molar-refractivity contribution in [3.05, 3.63) is 17.5 Å². The average molecular weight is 222 g/mol. The number of aromatic nitrogens is 1. The molecule has 2 rings (SSSR count). The maximum absolute atomic E-state index is 5.31. The Morgan fingerprint density at radius 1 is 1.44 bits per heavy atom. The van der Waals surface area contributed by atoms with E-state index in [9.17, 15) is 0 Å². The monoisotopic (exact) mass is 222 g/mol. The summed E-state index contributed by atoms with van der Waals surface area (Å²) in [7, 11) is 0. The van der Waals surface area contributed by atoms with Crippen molar-refractivity contribution in [2.45, 2.75) is 59.2 Å². The van der Waals surface area contributed by atoms with E-state index >= 15 is 0 Å². The van der Waals surface area contributed by atoms with Gasteiger partial charge in [-0.3, -0.25) is 4.90 Å². The van der Waals surface area contributed by atoms with Crippen LogP contribution in [0.1, 0.15) is 45.1 Å². The summed E-state index contributed by atoms with van der Waals surface area (Å²) in [6.45, 7) is 9.76. The van der Waals surface area contributed by atoms with Crippen LogP contribution in [0, 0.1) is 12.8 Å². The van der Waals surface area contributed by atoms with Crippen molar-refractivity contribution < 1.29 is 4.52 Å². The van der Waals surface area contributed by atoms with E-state index in [2.05, 4.69) is 30.8 Å². The molecule has 3 heteroatoms. The van der Waals surface area contributed by atoms with Gasteiger partial charge >= 0.3 is 0 Å². The fourth-order valence-electron chi connectivity index (χ4n) is 2.07. The van der Waals surface area contributed by atoms with Crippen molar-refractivity contribution in [2.24, 2.45) is 5.92 Å². The predicted molar refractivity (Wildman–Crippen MR) is 64.1 cm³/mol. The van der Waals surface area contributed by atoms with E-state index in [0.29, 0.717) is 12.0 Å². The molecule has 1 aliphatic carbocycles. The summed E-state index contributed by atoms with van der Waals surface area (Å²) in [4.78, 5) is 2.56. The lowest BCUT2D eigenvalue weighted by Gasteiger charge is -2.30. The minimum atomic E-state index is 0.609. The molecule has 1 fully saturated rings. The van der Waals surface area contributed by atoms with Gasteiger partial charge in [-0.2, -0.15) is 0 Å². The molecule has 1 saturated carbocycles. The Labute approximate surface area is 97.8 Å². The molecule has 0 bridgehead atoms. The standard InChI is InChI=1S/C13H22N2O/c1-9(2)11(4)15(12-5-6-12)8-13-7-10(3)14-16-13/h7,9,11-12H,5-6,8H2,1-4H3/t11-/m0/s1. The summed E-state index contributed by atoms with van der Waals surface area (Å²) in [6.07, 6.45) is 2.67. The molecule has 1 aromatic heterocycles. The Morgan fingerprint density at radius 3 is 2.56 bits per heavy atom. The van der Waals surface area contributed by atoms with Gasteiger partial charge in [-0.1, -0.05) is 19.0 Å². The normalized spacial score (nSPS) is 18.4. The zero-order valence-corrected chi connectivity index (χ0v) is 10.7. The first-order valence-corrected chi connectivity index (χ1v) is 6.26. The fraction of sp³-hybridized carbons (Fsp3) is 0.769. The number of rotatable bonds is 5. The Kier molecular flexibility index (Phi) is 3.33. The summed E-state index contributed by atoms with van der Waals surface area (Å²) in [5, 5.41) is 3.95. The van der Waals surface area contributed by atoms with Crippen LogP contribution in [0.4, 0.5) is 0 Å². The van der Waals surface area contributed by atoms with E-state index < -0.39 is 0 Å². The third-order valence-corrected chi connectivity index (χ3v) is 3.52. The first-order chi connectivity index (χ1) is 7.58. The highest BCUT2D eigenvalue weighted by Gasteiger charge is 2.33. The molecule has 0 aromatic carbocycles. The maximum atomic E-state index is 5.31. The van der Waals surface area contributed by atoms with Crippen molar-refractivity contribution in [1.29, 1.82) is 0 Å². The van der Waals surface area contributed by atoms with Crippen LogP contribution >= 0.6 is 0 Å². The van der Waals surface area contributed by atoms with E-state index in [0.717, 1.165) is 24.0 Å². The van der Waals surface area contributed by atoms with E-state index in [1.807, 2.05) is 13.0 Å². The zero-order valence-electron chi connectivity index (χ0n) is 10.7. The SMILES string of the molecule is Cc1cc(CN(C2CC2)[C@@H](C)C(C)C)on1. The summed E-state index contributed by atoms with van der Waals surface area (Å²) in [5.41, 5.74) is 0.975. The van der Waals surface area contributed by atoms with E-state index in [4.69, 9.17) is 4.52 Å². The fourth-order valence-corrected chi connectivity index (χ4v) is 2.07. The lowest BCUT2D eigenvalue weighted by Crippen LogP contribution is -2.37. The highest BCUT2D eigenvalue weighted by atomic mass is 16.5. The van der Waals surface area contributed by atoms with Gasteiger partial charge in [0.05, 0.1) is 12.2 Å². The van der Waals surface area contributed by atoms with Gasteiger partial charge in [-0.15, -0.1) is 0 Å². The molecule has 0 N–H and O–H groups in total. The topological polar surface area (TPSA) is 29.3 Å². The first-order valence-electron chi connectivity index (χ1n) is 6.26. The molecule has 0 saturated heterocycles.